The van der Waals surface area contributed by atoms with Crippen molar-refractivity contribution in [2.45, 2.75) is 19.6 Å². The van der Waals surface area contributed by atoms with Crippen LogP contribution in [0.1, 0.15) is 6.92 Å². The van der Waals surface area contributed by atoms with Crippen LogP contribution in [0.3, 0.4) is 0 Å². The Hall–Kier alpha value is -1.53. The molecule has 1 aromatic heterocycles. The van der Waals surface area contributed by atoms with Crippen LogP contribution in [-0.2, 0) is 20.8 Å². The standard InChI is InChI=1S/C13H17NO4S/c1-10(18-19(3,15)16)9-14-7-6-11-8-12(17-2)4-5-13(11)14/h4-8,10H,9H2,1-3H3. The highest BCUT2D eigenvalue weighted by atomic mass is 32.2. The van der Waals surface area contributed by atoms with Crippen LogP contribution in [-0.4, -0.2) is 32.5 Å². The Balaban J connectivity index is 2.22. The van der Waals surface area contributed by atoms with Gasteiger partial charge in [0.1, 0.15) is 5.75 Å². The van der Waals surface area contributed by atoms with E-state index in [1.54, 1.807) is 14.0 Å². The quantitative estimate of drug-likeness (QED) is 0.788. The number of ether oxygens (including phenoxy) is 1. The molecule has 2 rings (SSSR count). The van der Waals surface area contributed by atoms with Crippen LogP contribution in [0, 0.1) is 0 Å². The van der Waals surface area contributed by atoms with Crippen LogP contribution in [0.25, 0.3) is 10.9 Å². The van der Waals surface area contributed by atoms with E-state index in [2.05, 4.69) is 0 Å². The van der Waals surface area contributed by atoms with Crippen molar-refractivity contribution >= 4 is 21.0 Å². The molecule has 5 nitrogen and oxygen atoms in total. The van der Waals surface area contributed by atoms with Crippen LogP contribution >= 0.6 is 0 Å². The van der Waals surface area contributed by atoms with Gasteiger partial charge in [0, 0.05) is 17.1 Å². The Morgan fingerprint density at radius 2 is 2.05 bits per heavy atom. The number of aromatic nitrogens is 1. The lowest BCUT2D eigenvalue weighted by atomic mass is 10.2. The van der Waals surface area contributed by atoms with Gasteiger partial charge in [-0.25, -0.2) is 0 Å². The van der Waals surface area contributed by atoms with E-state index in [1.165, 1.54) is 0 Å². The SMILES string of the molecule is COc1ccc2c(ccn2CC(C)OS(C)(=O)=O)c1. The third-order valence-electron chi connectivity index (χ3n) is 2.77. The van der Waals surface area contributed by atoms with E-state index in [1.807, 2.05) is 35.0 Å². The number of rotatable bonds is 5. The molecule has 0 aliphatic rings. The summed E-state index contributed by atoms with van der Waals surface area (Å²) in [5, 5.41) is 1.05. The molecule has 1 aromatic carbocycles. The van der Waals surface area contributed by atoms with Gasteiger partial charge in [0.15, 0.2) is 0 Å². The van der Waals surface area contributed by atoms with Crippen molar-refractivity contribution < 1.29 is 17.3 Å². The van der Waals surface area contributed by atoms with Crippen LogP contribution in [0.2, 0.25) is 0 Å². The van der Waals surface area contributed by atoms with Crippen molar-refractivity contribution in [3.63, 3.8) is 0 Å². The van der Waals surface area contributed by atoms with E-state index < -0.39 is 16.2 Å². The molecule has 6 heteroatoms. The van der Waals surface area contributed by atoms with Crippen LogP contribution < -0.4 is 4.74 Å². The molecule has 1 heterocycles. The van der Waals surface area contributed by atoms with E-state index in [0.717, 1.165) is 22.9 Å². The summed E-state index contributed by atoms with van der Waals surface area (Å²) in [7, 11) is -1.80. The van der Waals surface area contributed by atoms with Gasteiger partial charge in [0.25, 0.3) is 10.1 Å². The Bertz CT molecular complexity index is 675. The molecule has 2 aromatic rings. The molecular formula is C13H17NO4S. The second-order valence-electron chi connectivity index (χ2n) is 4.50. The van der Waals surface area contributed by atoms with Gasteiger partial charge >= 0.3 is 0 Å². The fourth-order valence-corrected chi connectivity index (χ4v) is 2.73. The Kier molecular flexibility index (Phi) is 3.82. The largest absolute Gasteiger partial charge is 0.497 e. The average Bonchev–Trinajstić information content (AvgIpc) is 2.69. The molecule has 0 bridgehead atoms. The second-order valence-corrected chi connectivity index (χ2v) is 6.10. The highest BCUT2D eigenvalue weighted by molar-refractivity contribution is 7.86. The van der Waals surface area contributed by atoms with Crippen molar-refractivity contribution in [1.29, 1.82) is 0 Å². The van der Waals surface area contributed by atoms with E-state index >= 15 is 0 Å². The average molecular weight is 283 g/mol. The van der Waals surface area contributed by atoms with Gasteiger partial charge in [-0.2, -0.15) is 8.42 Å². The molecule has 19 heavy (non-hydrogen) atoms. The van der Waals surface area contributed by atoms with Crippen molar-refractivity contribution in [3.05, 3.63) is 30.5 Å². The zero-order chi connectivity index (χ0) is 14.0. The Morgan fingerprint density at radius 1 is 1.32 bits per heavy atom. The van der Waals surface area contributed by atoms with E-state index in [0.29, 0.717) is 6.54 Å². The zero-order valence-electron chi connectivity index (χ0n) is 11.2. The summed E-state index contributed by atoms with van der Waals surface area (Å²) < 4.78 is 34.2. The first-order valence-electron chi connectivity index (χ1n) is 5.90. The third kappa shape index (κ3) is 3.48. The maximum absolute atomic E-state index is 11.1. The third-order valence-corrected chi connectivity index (χ3v) is 3.45. The number of hydrogen-bond donors (Lipinski definition) is 0. The number of fused-ring (bicyclic) bond motifs is 1. The topological polar surface area (TPSA) is 57.5 Å². The maximum atomic E-state index is 11.1. The van der Waals surface area contributed by atoms with Crippen molar-refractivity contribution in [1.82, 2.24) is 4.57 Å². The normalized spacial score (nSPS) is 13.6. The fraction of sp³-hybridized carbons (Fsp3) is 0.385. The molecule has 0 amide bonds. The van der Waals surface area contributed by atoms with E-state index in [4.69, 9.17) is 8.92 Å². The van der Waals surface area contributed by atoms with Gasteiger partial charge in [-0.3, -0.25) is 4.18 Å². The van der Waals surface area contributed by atoms with Gasteiger partial charge < -0.3 is 9.30 Å². The fourth-order valence-electron chi connectivity index (χ4n) is 2.07. The second kappa shape index (κ2) is 5.22. The number of hydrogen-bond acceptors (Lipinski definition) is 4. The smallest absolute Gasteiger partial charge is 0.264 e. The van der Waals surface area contributed by atoms with Gasteiger partial charge in [0.2, 0.25) is 0 Å². The molecule has 1 unspecified atom stereocenters. The minimum absolute atomic E-state index is 0.410. The monoisotopic (exact) mass is 283 g/mol. The van der Waals surface area contributed by atoms with Crippen LogP contribution in [0.4, 0.5) is 0 Å². The molecule has 104 valence electrons. The lowest BCUT2D eigenvalue weighted by Crippen LogP contribution is -2.19. The summed E-state index contributed by atoms with van der Waals surface area (Å²) in [5.41, 5.74) is 1.02. The molecule has 0 saturated heterocycles. The summed E-state index contributed by atoms with van der Waals surface area (Å²) in [6, 6.07) is 7.72. The molecule has 0 N–H and O–H groups in total. The lowest BCUT2D eigenvalue weighted by Gasteiger charge is -2.13. The predicted octanol–water partition coefficient (Wildman–Crippen LogP) is 2.01. The summed E-state index contributed by atoms with van der Waals surface area (Å²) in [6.07, 6.45) is 2.56. The van der Waals surface area contributed by atoms with Crippen molar-refractivity contribution in [3.8, 4) is 5.75 Å². The highest BCUT2D eigenvalue weighted by Crippen LogP contribution is 2.22. The summed E-state index contributed by atoms with van der Waals surface area (Å²) in [6.45, 7) is 2.21. The first-order chi connectivity index (χ1) is 8.89. The first kappa shape index (κ1) is 13.9. The molecule has 0 spiro atoms. The number of methoxy groups -OCH3 is 1. The summed E-state index contributed by atoms with van der Waals surface area (Å²) in [4.78, 5) is 0. The van der Waals surface area contributed by atoms with Gasteiger partial charge in [-0.1, -0.05) is 0 Å². The molecular weight excluding hydrogens is 266 g/mol. The van der Waals surface area contributed by atoms with Crippen molar-refractivity contribution in [2.75, 3.05) is 13.4 Å². The lowest BCUT2D eigenvalue weighted by molar-refractivity contribution is 0.211. The minimum Gasteiger partial charge on any atom is -0.497 e. The van der Waals surface area contributed by atoms with Crippen molar-refractivity contribution in [2.24, 2.45) is 0 Å². The van der Waals surface area contributed by atoms with Gasteiger partial charge in [-0.05, 0) is 31.2 Å². The number of benzene rings is 1. The van der Waals surface area contributed by atoms with E-state index in [9.17, 15) is 8.42 Å². The first-order valence-corrected chi connectivity index (χ1v) is 7.72. The van der Waals surface area contributed by atoms with Crippen LogP contribution in [0.5, 0.6) is 5.75 Å². The Labute approximate surface area is 112 Å². The maximum Gasteiger partial charge on any atom is 0.264 e. The molecule has 1 atom stereocenters. The molecule has 0 aliphatic carbocycles. The van der Waals surface area contributed by atoms with Gasteiger partial charge in [-0.15, -0.1) is 0 Å². The molecule has 0 fully saturated rings. The minimum atomic E-state index is -3.42. The summed E-state index contributed by atoms with van der Waals surface area (Å²) in [5.74, 6) is 0.797. The predicted molar refractivity (Wildman–Crippen MR) is 73.9 cm³/mol. The molecule has 0 radical (unpaired) electrons. The van der Waals surface area contributed by atoms with Crippen LogP contribution in [0.15, 0.2) is 30.5 Å². The van der Waals surface area contributed by atoms with E-state index in [-0.39, 0.29) is 0 Å². The zero-order valence-corrected chi connectivity index (χ0v) is 12.0. The number of nitrogens with zero attached hydrogens (tertiary/aromatic N) is 1. The summed E-state index contributed by atoms with van der Waals surface area (Å²) >= 11 is 0. The Morgan fingerprint density at radius 3 is 2.68 bits per heavy atom. The molecule has 0 saturated carbocycles. The van der Waals surface area contributed by atoms with Gasteiger partial charge in [0.05, 0.1) is 26.0 Å². The highest BCUT2D eigenvalue weighted by Gasteiger charge is 2.12. The molecule has 0 aliphatic heterocycles.